The lowest BCUT2D eigenvalue weighted by Gasteiger charge is -2.08. The Hall–Kier alpha value is -2.08. The zero-order chi connectivity index (χ0) is 15.4. The topological polar surface area (TPSA) is 77.2 Å². The first kappa shape index (κ1) is 15.3. The molecule has 2 heterocycles. The lowest BCUT2D eigenvalue weighted by molar-refractivity contribution is 0.0527. The molecule has 0 aliphatic carbocycles. The number of nitrogens with one attached hydrogen (secondary N) is 1. The first-order valence-corrected chi connectivity index (χ1v) is 7.55. The molecule has 0 unspecified atom stereocenters. The summed E-state index contributed by atoms with van der Waals surface area (Å²) in [4.78, 5) is 18.5. The Morgan fingerprint density at radius 2 is 2.19 bits per heavy atom. The van der Waals surface area contributed by atoms with Gasteiger partial charge in [-0.2, -0.15) is 0 Å². The van der Waals surface area contributed by atoms with Gasteiger partial charge in [0.1, 0.15) is 5.82 Å². The van der Waals surface area contributed by atoms with Crippen molar-refractivity contribution in [3.8, 4) is 0 Å². The number of rotatable bonds is 5. The summed E-state index contributed by atoms with van der Waals surface area (Å²) in [5.41, 5.74) is 7.71. The number of aromatic nitrogens is 1. The molecule has 0 saturated heterocycles. The lowest BCUT2D eigenvalue weighted by atomic mass is 10.2. The van der Waals surface area contributed by atoms with E-state index < -0.39 is 5.97 Å². The molecule has 0 aliphatic rings. The van der Waals surface area contributed by atoms with Crippen molar-refractivity contribution in [3.63, 3.8) is 0 Å². The molecule has 0 aliphatic heterocycles. The lowest BCUT2D eigenvalue weighted by Crippen LogP contribution is -2.10. The van der Waals surface area contributed by atoms with Crippen LogP contribution in [-0.4, -0.2) is 17.6 Å². The standard InChI is InChI=1S/C15H19N3O2S/c1-4-20-15(19)12-6-14(18-8-13(12)16)17-7-11-5-9(2)10(3)21-11/h5-6,8H,4,7,16H2,1-3H3,(H,17,18). The molecule has 0 bridgehead atoms. The number of hydrogen-bond acceptors (Lipinski definition) is 6. The van der Waals surface area contributed by atoms with E-state index in [2.05, 4.69) is 30.2 Å². The molecule has 2 aromatic heterocycles. The zero-order valence-corrected chi connectivity index (χ0v) is 13.2. The number of esters is 1. The number of nitrogen functional groups attached to an aromatic ring is 1. The minimum Gasteiger partial charge on any atom is -0.462 e. The van der Waals surface area contributed by atoms with Crippen molar-refractivity contribution in [1.82, 2.24) is 4.98 Å². The number of nitrogens with two attached hydrogens (primary N) is 1. The number of pyridine rings is 1. The highest BCUT2D eigenvalue weighted by atomic mass is 32.1. The van der Waals surface area contributed by atoms with Gasteiger partial charge < -0.3 is 15.8 Å². The van der Waals surface area contributed by atoms with Gasteiger partial charge in [0.15, 0.2) is 0 Å². The van der Waals surface area contributed by atoms with Crippen LogP contribution in [0.2, 0.25) is 0 Å². The van der Waals surface area contributed by atoms with Crippen LogP contribution in [0.15, 0.2) is 18.3 Å². The van der Waals surface area contributed by atoms with Crippen LogP contribution in [0.4, 0.5) is 11.5 Å². The molecule has 0 amide bonds. The van der Waals surface area contributed by atoms with Gasteiger partial charge in [0.2, 0.25) is 0 Å². The number of ether oxygens (including phenoxy) is 1. The Labute approximate surface area is 128 Å². The maximum Gasteiger partial charge on any atom is 0.340 e. The molecule has 5 nitrogen and oxygen atoms in total. The van der Waals surface area contributed by atoms with Gasteiger partial charge in [-0.05, 0) is 38.5 Å². The summed E-state index contributed by atoms with van der Waals surface area (Å²) in [5.74, 6) is 0.180. The van der Waals surface area contributed by atoms with Crippen LogP contribution in [0, 0.1) is 13.8 Å². The molecule has 3 N–H and O–H groups in total. The van der Waals surface area contributed by atoms with E-state index in [1.165, 1.54) is 21.5 Å². The summed E-state index contributed by atoms with van der Waals surface area (Å²) in [5, 5.41) is 3.20. The summed E-state index contributed by atoms with van der Waals surface area (Å²) < 4.78 is 4.97. The maximum atomic E-state index is 11.8. The number of hydrogen-bond donors (Lipinski definition) is 2. The molecule has 0 aromatic carbocycles. The quantitative estimate of drug-likeness (QED) is 0.830. The van der Waals surface area contributed by atoms with Gasteiger partial charge in [-0.15, -0.1) is 11.3 Å². The van der Waals surface area contributed by atoms with E-state index in [-0.39, 0.29) is 0 Å². The summed E-state index contributed by atoms with van der Waals surface area (Å²) in [7, 11) is 0. The maximum absolute atomic E-state index is 11.8. The Morgan fingerprint density at radius 3 is 2.81 bits per heavy atom. The molecule has 21 heavy (non-hydrogen) atoms. The average molecular weight is 305 g/mol. The molecule has 0 radical (unpaired) electrons. The van der Waals surface area contributed by atoms with Crippen molar-refractivity contribution < 1.29 is 9.53 Å². The van der Waals surface area contributed by atoms with Gasteiger partial charge in [-0.3, -0.25) is 0 Å². The fraction of sp³-hybridized carbons (Fsp3) is 0.333. The fourth-order valence-corrected chi connectivity index (χ4v) is 2.86. The Morgan fingerprint density at radius 1 is 1.43 bits per heavy atom. The number of anilines is 2. The van der Waals surface area contributed by atoms with Crippen molar-refractivity contribution in [1.29, 1.82) is 0 Å². The average Bonchev–Trinajstić information content (AvgIpc) is 2.77. The van der Waals surface area contributed by atoms with Crippen molar-refractivity contribution in [2.45, 2.75) is 27.3 Å². The van der Waals surface area contributed by atoms with Gasteiger partial charge >= 0.3 is 5.97 Å². The zero-order valence-electron chi connectivity index (χ0n) is 12.4. The molecule has 6 heteroatoms. The van der Waals surface area contributed by atoms with Crippen LogP contribution in [0.5, 0.6) is 0 Å². The Bertz CT molecular complexity index is 633. The normalized spacial score (nSPS) is 10.4. The summed E-state index contributed by atoms with van der Waals surface area (Å²) in [6.07, 6.45) is 1.47. The number of carbonyl (C=O) groups excluding carboxylic acids is 1. The van der Waals surface area contributed by atoms with Crippen molar-refractivity contribution in [2.24, 2.45) is 0 Å². The minimum atomic E-state index is -0.428. The molecule has 0 atom stereocenters. The summed E-state index contributed by atoms with van der Waals surface area (Å²) in [6.45, 7) is 6.94. The monoisotopic (exact) mass is 305 g/mol. The summed E-state index contributed by atoms with van der Waals surface area (Å²) in [6, 6.07) is 3.78. The van der Waals surface area contributed by atoms with Gasteiger partial charge in [0, 0.05) is 9.75 Å². The molecule has 2 aromatic rings. The van der Waals surface area contributed by atoms with E-state index in [1.54, 1.807) is 24.3 Å². The second kappa shape index (κ2) is 6.58. The minimum absolute atomic E-state index is 0.317. The number of thiophene rings is 1. The van der Waals surface area contributed by atoms with E-state index in [0.29, 0.717) is 30.2 Å². The van der Waals surface area contributed by atoms with Crippen LogP contribution in [0.3, 0.4) is 0 Å². The molecule has 2 rings (SSSR count). The first-order valence-electron chi connectivity index (χ1n) is 6.73. The molecule has 112 valence electrons. The van der Waals surface area contributed by atoms with E-state index >= 15 is 0 Å². The Balaban J connectivity index is 2.10. The predicted octanol–water partition coefficient (Wildman–Crippen LogP) is 3.13. The van der Waals surface area contributed by atoms with Crippen LogP contribution in [0.25, 0.3) is 0 Å². The van der Waals surface area contributed by atoms with Crippen LogP contribution in [0.1, 0.15) is 32.6 Å². The van der Waals surface area contributed by atoms with Crippen molar-refractivity contribution in [2.75, 3.05) is 17.7 Å². The SMILES string of the molecule is CCOC(=O)c1cc(NCc2cc(C)c(C)s2)ncc1N. The number of aryl methyl sites for hydroxylation is 2. The third kappa shape index (κ3) is 3.72. The van der Waals surface area contributed by atoms with E-state index in [4.69, 9.17) is 10.5 Å². The van der Waals surface area contributed by atoms with Crippen molar-refractivity contribution >= 4 is 28.8 Å². The summed E-state index contributed by atoms with van der Waals surface area (Å²) >= 11 is 1.75. The van der Waals surface area contributed by atoms with E-state index in [0.717, 1.165) is 0 Å². The van der Waals surface area contributed by atoms with Gasteiger partial charge in [-0.25, -0.2) is 9.78 Å². The predicted molar refractivity (Wildman–Crippen MR) is 85.7 cm³/mol. The van der Waals surface area contributed by atoms with Crippen LogP contribution >= 0.6 is 11.3 Å². The van der Waals surface area contributed by atoms with Gasteiger partial charge in [0.25, 0.3) is 0 Å². The molecule has 0 fully saturated rings. The molecular formula is C15H19N3O2S. The largest absolute Gasteiger partial charge is 0.462 e. The Kier molecular flexibility index (Phi) is 4.80. The highest BCUT2D eigenvalue weighted by Gasteiger charge is 2.12. The number of nitrogens with zero attached hydrogens (tertiary/aromatic N) is 1. The third-order valence-electron chi connectivity index (χ3n) is 3.09. The highest BCUT2D eigenvalue weighted by Crippen LogP contribution is 2.22. The van der Waals surface area contributed by atoms with Gasteiger partial charge in [0.05, 0.1) is 30.6 Å². The molecule has 0 saturated carbocycles. The molecular weight excluding hydrogens is 286 g/mol. The number of carbonyl (C=O) groups is 1. The molecule has 0 spiro atoms. The second-order valence-electron chi connectivity index (χ2n) is 4.68. The fourth-order valence-electron chi connectivity index (χ4n) is 1.86. The van der Waals surface area contributed by atoms with Crippen LogP contribution < -0.4 is 11.1 Å². The highest BCUT2D eigenvalue weighted by molar-refractivity contribution is 7.12. The van der Waals surface area contributed by atoms with Crippen molar-refractivity contribution in [3.05, 3.63) is 39.2 Å². The second-order valence-corrected chi connectivity index (χ2v) is 6.02. The van der Waals surface area contributed by atoms with E-state index in [1.807, 2.05) is 0 Å². The smallest absolute Gasteiger partial charge is 0.340 e. The first-order chi connectivity index (χ1) is 10.0. The van der Waals surface area contributed by atoms with Crippen LogP contribution in [-0.2, 0) is 11.3 Å². The van der Waals surface area contributed by atoms with E-state index in [9.17, 15) is 4.79 Å². The van der Waals surface area contributed by atoms with Gasteiger partial charge in [-0.1, -0.05) is 0 Å². The third-order valence-corrected chi connectivity index (χ3v) is 4.24.